The van der Waals surface area contributed by atoms with E-state index < -0.39 is 10.0 Å². The van der Waals surface area contributed by atoms with E-state index >= 15 is 0 Å². The molecule has 0 radical (unpaired) electrons. The fraction of sp³-hybridized carbons (Fsp3) is 0.409. The normalized spacial score (nSPS) is 16.0. The fourth-order valence-corrected chi connectivity index (χ4v) is 5.71. The van der Waals surface area contributed by atoms with Gasteiger partial charge in [0.05, 0.1) is 4.90 Å². The number of rotatable bonds is 5. The first-order valence-electron chi connectivity index (χ1n) is 9.76. The molecule has 1 aliphatic rings. The van der Waals surface area contributed by atoms with Crippen molar-refractivity contribution in [3.63, 3.8) is 0 Å². The Hall–Kier alpha value is -1.89. The zero-order valence-electron chi connectivity index (χ0n) is 17.1. The van der Waals surface area contributed by atoms with E-state index in [1.165, 1.54) is 4.31 Å². The first-order valence-corrected chi connectivity index (χ1v) is 11.6. The quantitative estimate of drug-likeness (QED) is 0.714. The minimum absolute atomic E-state index is 0.0356. The summed E-state index contributed by atoms with van der Waals surface area (Å²) in [5.41, 5.74) is 2.69. The summed E-state index contributed by atoms with van der Waals surface area (Å²) in [4.78, 5) is 14.9. The summed E-state index contributed by atoms with van der Waals surface area (Å²) >= 11 is 6.20. The molecule has 2 aromatic rings. The largest absolute Gasteiger partial charge is 0.341 e. The molecule has 0 atom stereocenters. The molecule has 156 valence electrons. The standard InChI is InChI=1S/C22H27ClN2O3S/c1-16-8-9-21(17(2)14-16)29(27,28)25-12-10-18(11-13-25)22(26)24(3)15-19-6-4-5-7-20(19)23/h4-9,14,18H,10-13,15H2,1-3H3. The van der Waals surface area contributed by atoms with Crippen molar-refractivity contribution in [1.29, 1.82) is 0 Å². The van der Waals surface area contributed by atoms with E-state index in [-0.39, 0.29) is 11.8 Å². The third-order valence-electron chi connectivity index (χ3n) is 5.49. The number of amides is 1. The van der Waals surface area contributed by atoms with Gasteiger partial charge in [-0.1, -0.05) is 47.5 Å². The minimum atomic E-state index is -3.54. The van der Waals surface area contributed by atoms with Crippen molar-refractivity contribution in [1.82, 2.24) is 9.21 Å². The lowest BCUT2D eigenvalue weighted by atomic mass is 9.96. The Balaban J connectivity index is 1.63. The van der Waals surface area contributed by atoms with Crippen LogP contribution >= 0.6 is 11.6 Å². The van der Waals surface area contributed by atoms with Crippen LogP contribution in [0.1, 0.15) is 29.5 Å². The van der Waals surface area contributed by atoms with Crippen molar-refractivity contribution in [2.24, 2.45) is 5.92 Å². The van der Waals surface area contributed by atoms with Gasteiger partial charge in [-0.3, -0.25) is 4.79 Å². The molecule has 29 heavy (non-hydrogen) atoms. The molecule has 0 spiro atoms. The minimum Gasteiger partial charge on any atom is -0.341 e. The highest BCUT2D eigenvalue weighted by atomic mass is 35.5. The van der Waals surface area contributed by atoms with Gasteiger partial charge in [-0.25, -0.2) is 8.42 Å². The van der Waals surface area contributed by atoms with Crippen LogP contribution in [0.2, 0.25) is 5.02 Å². The highest BCUT2D eigenvalue weighted by Crippen LogP contribution is 2.27. The first-order chi connectivity index (χ1) is 13.7. The van der Waals surface area contributed by atoms with E-state index in [0.29, 0.717) is 42.4 Å². The van der Waals surface area contributed by atoms with Crippen LogP contribution in [0.15, 0.2) is 47.4 Å². The van der Waals surface area contributed by atoms with E-state index in [0.717, 1.165) is 16.7 Å². The van der Waals surface area contributed by atoms with Crippen LogP contribution in [0.4, 0.5) is 0 Å². The molecule has 1 heterocycles. The van der Waals surface area contributed by atoms with Gasteiger partial charge in [-0.2, -0.15) is 4.31 Å². The lowest BCUT2D eigenvalue weighted by molar-refractivity contribution is -0.135. The summed E-state index contributed by atoms with van der Waals surface area (Å²) in [6, 6.07) is 12.9. The van der Waals surface area contributed by atoms with Gasteiger partial charge in [0.2, 0.25) is 15.9 Å². The molecular formula is C22H27ClN2O3S. The molecule has 1 amide bonds. The average molecular weight is 435 g/mol. The highest BCUT2D eigenvalue weighted by molar-refractivity contribution is 7.89. The molecule has 7 heteroatoms. The zero-order valence-corrected chi connectivity index (χ0v) is 18.6. The summed E-state index contributed by atoms with van der Waals surface area (Å²) in [5, 5.41) is 0.640. The molecule has 0 bridgehead atoms. The molecule has 0 aromatic heterocycles. The van der Waals surface area contributed by atoms with Gasteiger partial charge in [0.15, 0.2) is 0 Å². The van der Waals surface area contributed by atoms with E-state index in [9.17, 15) is 13.2 Å². The predicted octanol–water partition coefficient (Wildman–Crippen LogP) is 4.02. The fourth-order valence-electron chi connectivity index (χ4n) is 3.84. The third-order valence-corrected chi connectivity index (χ3v) is 7.92. The molecule has 1 fully saturated rings. The van der Waals surface area contributed by atoms with Crippen LogP contribution in [0.3, 0.4) is 0 Å². The number of carbonyl (C=O) groups excluding carboxylic acids is 1. The number of nitrogens with zero attached hydrogens (tertiary/aromatic N) is 2. The summed E-state index contributed by atoms with van der Waals surface area (Å²) < 4.78 is 27.6. The van der Waals surface area contributed by atoms with Crippen LogP contribution in [-0.2, 0) is 21.4 Å². The van der Waals surface area contributed by atoms with Crippen LogP contribution < -0.4 is 0 Å². The molecule has 1 aliphatic heterocycles. The number of carbonyl (C=O) groups is 1. The number of hydrogen-bond donors (Lipinski definition) is 0. The molecule has 0 unspecified atom stereocenters. The van der Waals surface area contributed by atoms with Crippen molar-refractivity contribution in [2.45, 2.75) is 38.1 Å². The second-order valence-electron chi connectivity index (χ2n) is 7.73. The number of piperidine rings is 1. The molecular weight excluding hydrogens is 408 g/mol. The Kier molecular flexibility index (Phi) is 6.66. The van der Waals surface area contributed by atoms with E-state index in [1.807, 2.05) is 50.2 Å². The Labute approximate surface area is 178 Å². The maximum atomic E-state index is 13.0. The van der Waals surface area contributed by atoms with Gasteiger partial charge >= 0.3 is 0 Å². The Bertz CT molecular complexity index is 999. The van der Waals surface area contributed by atoms with E-state index in [1.54, 1.807) is 18.0 Å². The van der Waals surface area contributed by atoms with Crippen molar-refractivity contribution >= 4 is 27.5 Å². The lowest BCUT2D eigenvalue weighted by Crippen LogP contribution is -2.43. The second-order valence-corrected chi connectivity index (χ2v) is 10.0. The second kappa shape index (κ2) is 8.86. The van der Waals surface area contributed by atoms with Crippen molar-refractivity contribution in [3.8, 4) is 0 Å². The van der Waals surface area contributed by atoms with Gasteiger partial charge in [0.25, 0.3) is 0 Å². The Morgan fingerprint density at radius 1 is 1.14 bits per heavy atom. The topological polar surface area (TPSA) is 57.7 Å². The maximum Gasteiger partial charge on any atom is 0.243 e. The predicted molar refractivity (Wildman–Crippen MR) is 115 cm³/mol. The first kappa shape index (κ1) is 21.8. The summed E-state index contributed by atoms with van der Waals surface area (Å²) in [6.07, 6.45) is 1.05. The number of halogens is 1. The van der Waals surface area contributed by atoms with Gasteiger partial charge < -0.3 is 4.90 Å². The maximum absolute atomic E-state index is 13.0. The molecule has 0 saturated carbocycles. The average Bonchev–Trinajstić information content (AvgIpc) is 2.69. The van der Waals surface area contributed by atoms with Crippen LogP contribution in [-0.4, -0.2) is 43.7 Å². The number of hydrogen-bond acceptors (Lipinski definition) is 3. The van der Waals surface area contributed by atoms with Crippen LogP contribution in [0.25, 0.3) is 0 Å². The van der Waals surface area contributed by atoms with Gasteiger partial charge in [-0.05, 0) is 49.9 Å². The van der Waals surface area contributed by atoms with Crippen molar-refractivity contribution in [3.05, 3.63) is 64.2 Å². The molecule has 1 saturated heterocycles. The Morgan fingerprint density at radius 2 is 1.79 bits per heavy atom. The summed E-state index contributed by atoms with van der Waals surface area (Å²) in [5.74, 6) is -0.137. The molecule has 3 rings (SSSR count). The van der Waals surface area contributed by atoms with Crippen LogP contribution in [0, 0.1) is 19.8 Å². The highest BCUT2D eigenvalue weighted by Gasteiger charge is 2.33. The van der Waals surface area contributed by atoms with E-state index in [2.05, 4.69) is 0 Å². The zero-order chi connectivity index (χ0) is 21.2. The third kappa shape index (κ3) is 4.82. The SMILES string of the molecule is Cc1ccc(S(=O)(=O)N2CCC(C(=O)N(C)Cc3ccccc3Cl)CC2)c(C)c1. The number of benzene rings is 2. The van der Waals surface area contributed by atoms with E-state index in [4.69, 9.17) is 11.6 Å². The monoisotopic (exact) mass is 434 g/mol. The molecule has 0 aliphatic carbocycles. The van der Waals surface area contributed by atoms with Gasteiger partial charge in [0.1, 0.15) is 0 Å². The van der Waals surface area contributed by atoms with Crippen molar-refractivity contribution in [2.75, 3.05) is 20.1 Å². The molecule has 5 nitrogen and oxygen atoms in total. The number of aryl methyl sites for hydroxylation is 2. The molecule has 0 N–H and O–H groups in total. The lowest BCUT2D eigenvalue weighted by Gasteiger charge is -2.33. The Morgan fingerprint density at radius 3 is 2.41 bits per heavy atom. The van der Waals surface area contributed by atoms with Crippen molar-refractivity contribution < 1.29 is 13.2 Å². The van der Waals surface area contributed by atoms with Crippen LogP contribution in [0.5, 0.6) is 0 Å². The molecule has 2 aromatic carbocycles. The number of sulfonamides is 1. The summed E-state index contributed by atoms with van der Waals surface area (Å²) in [7, 11) is -1.77. The summed E-state index contributed by atoms with van der Waals surface area (Å²) in [6.45, 7) is 4.91. The van der Waals surface area contributed by atoms with Gasteiger partial charge in [0, 0.05) is 37.6 Å². The smallest absolute Gasteiger partial charge is 0.243 e. The van der Waals surface area contributed by atoms with Gasteiger partial charge in [-0.15, -0.1) is 0 Å².